The molecule has 2 aromatic rings. The fraction of sp³-hybridized carbons (Fsp3) is 0.250. The zero-order valence-electron chi connectivity index (χ0n) is 12.0. The summed E-state index contributed by atoms with van der Waals surface area (Å²) in [6.45, 7) is 0.204. The predicted octanol–water partition coefficient (Wildman–Crippen LogP) is 2.81. The Balaban J connectivity index is 1.53. The number of hydrogen-bond acceptors (Lipinski definition) is 5. The van der Waals surface area contributed by atoms with Crippen LogP contribution in [-0.4, -0.2) is 28.3 Å². The minimum Gasteiger partial charge on any atom is -0.444 e. The molecule has 112 valence electrons. The van der Waals surface area contributed by atoms with Gasteiger partial charge in [0.25, 0.3) is 0 Å². The van der Waals surface area contributed by atoms with Gasteiger partial charge >= 0.3 is 6.09 Å². The molecule has 1 aromatic heterocycles. The van der Waals surface area contributed by atoms with Crippen molar-refractivity contribution in [3.8, 4) is 0 Å². The summed E-state index contributed by atoms with van der Waals surface area (Å²) in [5, 5.41) is 2.51. The molecule has 0 unspecified atom stereocenters. The summed E-state index contributed by atoms with van der Waals surface area (Å²) in [5.41, 5.74) is 1.59. The van der Waals surface area contributed by atoms with Gasteiger partial charge in [0, 0.05) is 12.4 Å². The van der Waals surface area contributed by atoms with E-state index in [1.807, 2.05) is 30.3 Å². The first kappa shape index (κ1) is 14.2. The third-order valence-electron chi connectivity index (χ3n) is 3.07. The highest BCUT2D eigenvalue weighted by atomic mass is 16.5. The molecule has 3 rings (SSSR count). The summed E-state index contributed by atoms with van der Waals surface area (Å²) >= 11 is 0. The van der Waals surface area contributed by atoms with E-state index in [1.165, 1.54) is 0 Å². The normalized spacial score (nSPS) is 14.0. The summed E-state index contributed by atoms with van der Waals surface area (Å²) in [4.78, 5) is 24.3. The fourth-order valence-electron chi connectivity index (χ4n) is 1.76. The first-order chi connectivity index (χ1) is 10.8. The second-order valence-corrected chi connectivity index (χ2v) is 5.00. The van der Waals surface area contributed by atoms with E-state index < -0.39 is 6.09 Å². The van der Waals surface area contributed by atoms with E-state index in [0.29, 0.717) is 11.7 Å². The number of ether oxygens (including phenoxy) is 1. The van der Waals surface area contributed by atoms with Crippen LogP contribution in [0.1, 0.15) is 24.1 Å². The Kier molecular flexibility index (Phi) is 4.38. The van der Waals surface area contributed by atoms with Crippen LogP contribution in [0.25, 0.3) is 0 Å². The summed E-state index contributed by atoms with van der Waals surface area (Å²) in [7, 11) is 0. The number of aliphatic imine (C=N–C) groups is 1. The number of carbonyl (C=O) groups excluding carboxylic acids is 1. The standard InChI is InChI=1S/C16H16N4O2/c21-16(22-11-12-4-2-1-3-5-12)20-15-17-9-8-14(19-15)10-18-13-6-7-13/h1-5,8-10,13H,6-7,11H2,(H,17,19,20,21). The van der Waals surface area contributed by atoms with Crippen LogP contribution in [0.15, 0.2) is 47.6 Å². The summed E-state index contributed by atoms with van der Waals surface area (Å²) in [5.74, 6) is 0.206. The lowest BCUT2D eigenvalue weighted by Crippen LogP contribution is -2.16. The largest absolute Gasteiger partial charge is 0.444 e. The highest BCUT2D eigenvalue weighted by Gasteiger charge is 2.18. The highest BCUT2D eigenvalue weighted by molar-refractivity contribution is 5.83. The molecule has 1 aliphatic rings. The van der Waals surface area contributed by atoms with Crippen LogP contribution in [0.5, 0.6) is 0 Å². The molecular formula is C16H16N4O2. The Bertz CT molecular complexity index is 669. The van der Waals surface area contributed by atoms with E-state index in [2.05, 4.69) is 20.3 Å². The van der Waals surface area contributed by atoms with Crippen molar-refractivity contribution in [2.75, 3.05) is 5.32 Å². The Morgan fingerprint density at radius 1 is 1.32 bits per heavy atom. The van der Waals surface area contributed by atoms with Crippen molar-refractivity contribution >= 4 is 18.3 Å². The van der Waals surface area contributed by atoms with E-state index in [-0.39, 0.29) is 12.6 Å². The zero-order valence-corrected chi connectivity index (χ0v) is 12.0. The van der Waals surface area contributed by atoms with Crippen LogP contribution in [0.2, 0.25) is 0 Å². The van der Waals surface area contributed by atoms with E-state index >= 15 is 0 Å². The van der Waals surface area contributed by atoms with Gasteiger partial charge < -0.3 is 4.74 Å². The third-order valence-corrected chi connectivity index (χ3v) is 3.07. The number of rotatable bonds is 5. The lowest BCUT2D eigenvalue weighted by Gasteiger charge is -2.06. The molecule has 22 heavy (non-hydrogen) atoms. The van der Waals surface area contributed by atoms with Crippen molar-refractivity contribution in [2.45, 2.75) is 25.5 Å². The van der Waals surface area contributed by atoms with Crippen LogP contribution in [0.3, 0.4) is 0 Å². The Morgan fingerprint density at radius 2 is 2.14 bits per heavy atom. The quantitative estimate of drug-likeness (QED) is 0.861. The van der Waals surface area contributed by atoms with Gasteiger partial charge in [-0.15, -0.1) is 0 Å². The minimum atomic E-state index is -0.583. The van der Waals surface area contributed by atoms with Gasteiger partial charge in [-0.25, -0.2) is 14.8 Å². The topological polar surface area (TPSA) is 76.5 Å². The summed E-state index contributed by atoms with van der Waals surface area (Å²) in [6, 6.07) is 11.6. The van der Waals surface area contributed by atoms with Crippen molar-refractivity contribution in [1.29, 1.82) is 0 Å². The second-order valence-electron chi connectivity index (χ2n) is 5.00. The maximum atomic E-state index is 11.7. The Hall–Kier alpha value is -2.76. The van der Waals surface area contributed by atoms with Gasteiger partial charge in [-0.2, -0.15) is 0 Å². The SMILES string of the molecule is O=C(Nc1nccc(C=NC2CC2)n1)OCc1ccccc1. The molecule has 0 spiro atoms. The van der Waals surface area contributed by atoms with Gasteiger partial charge in [-0.05, 0) is 24.5 Å². The monoisotopic (exact) mass is 296 g/mol. The predicted molar refractivity (Wildman–Crippen MR) is 82.9 cm³/mol. The number of aromatic nitrogens is 2. The molecule has 1 fully saturated rings. The van der Waals surface area contributed by atoms with Gasteiger partial charge in [0.15, 0.2) is 0 Å². The minimum absolute atomic E-state index is 0.204. The van der Waals surface area contributed by atoms with Gasteiger partial charge in [0.2, 0.25) is 5.95 Å². The van der Waals surface area contributed by atoms with Crippen molar-refractivity contribution in [2.24, 2.45) is 4.99 Å². The average molecular weight is 296 g/mol. The van der Waals surface area contributed by atoms with Gasteiger partial charge in [-0.3, -0.25) is 10.3 Å². The number of anilines is 1. The maximum absolute atomic E-state index is 11.7. The lowest BCUT2D eigenvalue weighted by atomic mass is 10.2. The van der Waals surface area contributed by atoms with Crippen LogP contribution >= 0.6 is 0 Å². The second kappa shape index (κ2) is 6.80. The summed E-state index contributed by atoms with van der Waals surface area (Å²) in [6.07, 6.45) is 4.98. The zero-order chi connectivity index (χ0) is 15.2. The van der Waals surface area contributed by atoms with Crippen LogP contribution < -0.4 is 5.32 Å². The molecule has 6 heteroatoms. The van der Waals surface area contributed by atoms with E-state index in [0.717, 1.165) is 18.4 Å². The van der Waals surface area contributed by atoms with Crippen LogP contribution in [0, 0.1) is 0 Å². The molecule has 1 N–H and O–H groups in total. The third kappa shape index (κ3) is 4.37. The number of amides is 1. The number of nitrogens with zero attached hydrogens (tertiary/aromatic N) is 3. The molecule has 0 aliphatic heterocycles. The van der Waals surface area contributed by atoms with Gasteiger partial charge in [0.05, 0.1) is 11.7 Å². The number of benzene rings is 1. The first-order valence-electron chi connectivity index (χ1n) is 7.13. The van der Waals surface area contributed by atoms with Crippen LogP contribution in [0.4, 0.5) is 10.7 Å². The molecule has 1 heterocycles. The summed E-state index contributed by atoms with van der Waals surface area (Å²) < 4.78 is 5.12. The van der Waals surface area contributed by atoms with E-state index in [9.17, 15) is 4.79 Å². The molecule has 1 aromatic carbocycles. The Labute approximate surface area is 128 Å². The molecule has 1 amide bonds. The molecule has 0 saturated heterocycles. The number of hydrogen-bond donors (Lipinski definition) is 1. The van der Waals surface area contributed by atoms with Gasteiger partial charge in [-0.1, -0.05) is 30.3 Å². The number of carbonyl (C=O) groups is 1. The average Bonchev–Trinajstić information content (AvgIpc) is 3.37. The van der Waals surface area contributed by atoms with Crippen molar-refractivity contribution in [3.05, 3.63) is 53.9 Å². The molecular weight excluding hydrogens is 280 g/mol. The molecule has 0 bridgehead atoms. The number of nitrogens with one attached hydrogen (secondary N) is 1. The smallest absolute Gasteiger partial charge is 0.414 e. The molecule has 6 nitrogen and oxygen atoms in total. The molecule has 1 saturated carbocycles. The highest BCUT2D eigenvalue weighted by Crippen LogP contribution is 2.23. The van der Waals surface area contributed by atoms with Crippen molar-refractivity contribution in [1.82, 2.24) is 9.97 Å². The Morgan fingerprint density at radius 3 is 2.91 bits per heavy atom. The molecule has 0 radical (unpaired) electrons. The van der Waals surface area contributed by atoms with Crippen molar-refractivity contribution in [3.63, 3.8) is 0 Å². The maximum Gasteiger partial charge on any atom is 0.414 e. The molecule has 1 aliphatic carbocycles. The van der Waals surface area contributed by atoms with Crippen molar-refractivity contribution < 1.29 is 9.53 Å². The van der Waals surface area contributed by atoms with Crippen LogP contribution in [-0.2, 0) is 11.3 Å². The first-order valence-corrected chi connectivity index (χ1v) is 7.13. The van der Waals surface area contributed by atoms with Gasteiger partial charge in [0.1, 0.15) is 6.61 Å². The van der Waals surface area contributed by atoms with E-state index in [1.54, 1.807) is 18.5 Å². The fourth-order valence-corrected chi connectivity index (χ4v) is 1.76. The van der Waals surface area contributed by atoms with E-state index in [4.69, 9.17) is 4.74 Å². The molecule has 0 atom stereocenters. The lowest BCUT2D eigenvalue weighted by molar-refractivity contribution is 0.155.